The van der Waals surface area contributed by atoms with Crippen LogP contribution in [0.15, 0.2) is 88.8 Å². The largest absolute Gasteiger partial charge is 0.318 e. The van der Waals surface area contributed by atoms with Crippen LogP contribution in [-0.4, -0.2) is 20.4 Å². The first-order valence-corrected chi connectivity index (χ1v) is 11.4. The fraction of sp³-hybridized carbons (Fsp3) is 0.107. The fourth-order valence-electron chi connectivity index (χ4n) is 4.25. The van der Waals surface area contributed by atoms with Gasteiger partial charge in [0, 0.05) is 33.2 Å². The van der Waals surface area contributed by atoms with Gasteiger partial charge in [-0.2, -0.15) is 9.78 Å². The summed E-state index contributed by atoms with van der Waals surface area (Å²) in [6.45, 7) is 6.09. The number of hydrogen-bond acceptors (Lipinski definition) is 3. The molecule has 34 heavy (non-hydrogen) atoms. The monoisotopic (exact) mass is 466 g/mol. The highest BCUT2D eigenvalue weighted by atomic mass is 35.5. The molecule has 0 saturated heterocycles. The first kappa shape index (κ1) is 21.9. The molecule has 0 bridgehead atoms. The first-order valence-electron chi connectivity index (χ1n) is 11.0. The Morgan fingerprint density at radius 3 is 2.44 bits per heavy atom. The van der Waals surface area contributed by atoms with Crippen LogP contribution < -0.4 is 5.56 Å². The lowest BCUT2D eigenvalue weighted by Crippen LogP contribution is -2.20. The van der Waals surface area contributed by atoms with Crippen LogP contribution in [0.5, 0.6) is 0 Å². The molecule has 0 fully saturated rings. The van der Waals surface area contributed by atoms with Crippen molar-refractivity contribution in [2.45, 2.75) is 20.8 Å². The third-order valence-electron chi connectivity index (χ3n) is 6.05. The van der Waals surface area contributed by atoms with Crippen molar-refractivity contribution >= 4 is 28.7 Å². The van der Waals surface area contributed by atoms with Gasteiger partial charge in [-0.25, -0.2) is 4.98 Å². The number of aryl methyl sites for hydroxylation is 1. The van der Waals surface area contributed by atoms with Crippen molar-refractivity contribution in [2.24, 2.45) is 5.10 Å². The molecule has 3 aromatic carbocycles. The maximum atomic E-state index is 13.4. The highest BCUT2D eigenvalue weighted by Crippen LogP contribution is 2.27. The summed E-state index contributed by atoms with van der Waals surface area (Å²) in [6, 6.07) is 24.9. The van der Waals surface area contributed by atoms with Gasteiger partial charge in [0.15, 0.2) is 5.82 Å². The van der Waals surface area contributed by atoms with E-state index in [2.05, 4.69) is 15.7 Å². The molecule has 0 aliphatic carbocycles. The maximum Gasteiger partial charge on any atom is 0.282 e. The summed E-state index contributed by atoms with van der Waals surface area (Å²) in [5.41, 5.74) is 6.27. The Morgan fingerprint density at radius 1 is 0.912 bits per heavy atom. The molecule has 2 aromatic heterocycles. The van der Waals surface area contributed by atoms with Gasteiger partial charge in [0.05, 0.1) is 17.1 Å². The van der Waals surface area contributed by atoms with Crippen LogP contribution in [0, 0.1) is 20.8 Å². The predicted molar refractivity (Wildman–Crippen MR) is 139 cm³/mol. The molecule has 0 spiro atoms. The van der Waals surface area contributed by atoms with Crippen molar-refractivity contribution in [1.29, 1.82) is 0 Å². The molecule has 0 unspecified atom stereocenters. The molecule has 5 rings (SSSR count). The summed E-state index contributed by atoms with van der Waals surface area (Å²) in [7, 11) is 0. The number of hydrogen-bond donors (Lipinski definition) is 0. The SMILES string of the molecule is Cc1c(Cl)cccc1-n1c(C)cc(C=Nn2c(-c3ccccc3)nc3ccccc3c2=O)c1C. The van der Waals surface area contributed by atoms with Crippen molar-refractivity contribution < 1.29 is 0 Å². The van der Waals surface area contributed by atoms with Crippen LogP contribution >= 0.6 is 11.6 Å². The first-order chi connectivity index (χ1) is 16.5. The van der Waals surface area contributed by atoms with Gasteiger partial charge in [-0.1, -0.05) is 60.1 Å². The number of benzene rings is 3. The number of halogens is 1. The molecule has 0 radical (unpaired) electrons. The minimum absolute atomic E-state index is 0.208. The Hall–Kier alpha value is -3.96. The van der Waals surface area contributed by atoms with E-state index in [1.165, 1.54) is 4.68 Å². The van der Waals surface area contributed by atoms with E-state index in [1.54, 1.807) is 12.3 Å². The second-order valence-corrected chi connectivity index (χ2v) is 8.63. The maximum absolute atomic E-state index is 13.4. The molecule has 5 nitrogen and oxygen atoms in total. The van der Waals surface area contributed by atoms with E-state index in [-0.39, 0.29) is 5.56 Å². The molecule has 0 amide bonds. The second-order valence-electron chi connectivity index (χ2n) is 8.23. The van der Waals surface area contributed by atoms with E-state index < -0.39 is 0 Å². The summed E-state index contributed by atoms with van der Waals surface area (Å²) in [5, 5.41) is 5.88. The van der Waals surface area contributed by atoms with Crippen molar-refractivity contribution in [3.63, 3.8) is 0 Å². The molecule has 0 aliphatic rings. The molecule has 2 heterocycles. The normalized spacial score (nSPS) is 11.5. The quantitative estimate of drug-likeness (QED) is 0.291. The lowest BCUT2D eigenvalue weighted by Gasteiger charge is -2.13. The summed E-state index contributed by atoms with van der Waals surface area (Å²) < 4.78 is 3.54. The van der Waals surface area contributed by atoms with Crippen LogP contribution in [-0.2, 0) is 0 Å². The molecule has 6 heteroatoms. The summed E-state index contributed by atoms with van der Waals surface area (Å²) in [5.74, 6) is 0.500. The van der Waals surface area contributed by atoms with E-state index >= 15 is 0 Å². The predicted octanol–water partition coefficient (Wildman–Crippen LogP) is 6.32. The average molecular weight is 467 g/mol. The Morgan fingerprint density at radius 2 is 1.65 bits per heavy atom. The van der Waals surface area contributed by atoms with E-state index in [0.717, 1.165) is 38.8 Å². The molecule has 0 atom stereocenters. The lowest BCUT2D eigenvalue weighted by atomic mass is 10.2. The van der Waals surface area contributed by atoms with Gasteiger partial charge in [0.25, 0.3) is 5.56 Å². The van der Waals surface area contributed by atoms with E-state index in [4.69, 9.17) is 16.6 Å². The van der Waals surface area contributed by atoms with E-state index in [0.29, 0.717) is 16.7 Å². The standard InChI is InChI=1S/C28H23ClN4O/c1-18-16-22(20(3)32(18)26-15-9-13-24(29)19(26)2)17-30-33-27(21-10-5-4-6-11-21)31-25-14-8-7-12-23(25)28(33)34/h4-17H,1-3H3. The molecular formula is C28H23ClN4O. The Bertz CT molecular complexity index is 1610. The minimum Gasteiger partial charge on any atom is -0.318 e. The van der Waals surface area contributed by atoms with Gasteiger partial charge in [0.1, 0.15) is 0 Å². The van der Waals surface area contributed by atoms with Gasteiger partial charge < -0.3 is 4.57 Å². The van der Waals surface area contributed by atoms with Gasteiger partial charge in [-0.15, -0.1) is 0 Å². The summed E-state index contributed by atoms with van der Waals surface area (Å²) in [6.07, 6.45) is 1.73. The van der Waals surface area contributed by atoms with E-state index in [1.807, 2.05) is 87.5 Å². The second kappa shape index (κ2) is 8.76. The number of para-hydroxylation sites is 1. The molecule has 0 saturated carbocycles. The Balaban J connectivity index is 1.67. The number of rotatable bonds is 4. The van der Waals surface area contributed by atoms with Gasteiger partial charge in [-0.3, -0.25) is 4.79 Å². The van der Waals surface area contributed by atoms with Crippen LogP contribution in [0.1, 0.15) is 22.5 Å². The number of fused-ring (bicyclic) bond motifs is 1. The highest BCUT2D eigenvalue weighted by molar-refractivity contribution is 6.31. The summed E-state index contributed by atoms with van der Waals surface area (Å²) >= 11 is 6.37. The third kappa shape index (κ3) is 3.74. The molecule has 0 aliphatic heterocycles. The minimum atomic E-state index is -0.208. The van der Waals surface area contributed by atoms with E-state index in [9.17, 15) is 4.79 Å². The van der Waals surface area contributed by atoms with Crippen molar-refractivity contribution in [2.75, 3.05) is 0 Å². The lowest BCUT2D eigenvalue weighted by molar-refractivity contribution is 0.829. The third-order valence-corrected chi connectivity index (χ3v) is 6.46. The highest BCUT2D eigenvalue weighted by Gasteiger charge is 2.15. The Labute approximate surface area is 202 Å². The van der Waals surface area contributed by atoms with Crippen molar-refractivity contribution in [1.82, 2.24) is 14.2 Å². The van der Waals surface area contributed by atoms with Crippen LogP contribution in [0.3, 0.4) is 0 Å². The molecular weight excluding hydrogens is 444 g/mol. The van der Waals surface area contributed by atoms with Gasteiger partial charge >= 0.3 is 0 Å². The molecule has 5 aromatic rings. The topological polar surface area (TPSA) is 52.2 Å². The van der Waals surface area contributed by atoms with Gasteiger partial charge in [0.2, 0.25) is 0 Å². The number of nitrogens with zero attached hydrogens (tertiary/aromatic N) is 4. The zero-order valence-electron chi connectivity index (χ0n) is 19.2. The molecule has 0 N–H and O–H groups in total. The Kier molecular flexibility index (Phi) is 5.64. The smallest absolute Gasteiger partial charge is 0.282 e. The van der Waals surface area contributed by atoms with Crippen molar-refractivity contribution in [3.8, 4) is 17.1 Å². The average Bonchev–Trinajstić information content (AvgIpc) is 3.13. The molecule has 168 valence electrons. The zero-order valence-corrected chi connectivity index (χ0v) is 19.9. The summed E-state index contributed by atoms with van der Waals surface area (Å²) in [4.78, 5) is 18.2. The van der Waals surface area contributed by atoms with Gasteiger partial charge in [-0.05, 0) is 56.7 Å². The van der Waals surface area contributed by atoms with Crippen molar-refractivity contribution in [3.05, 3.63) is 117 Å². The zero-order chi connectivity index (χ0) is 23.8. The van der Waals surface area contributed by atoms with Crippen LogP contribution in [0.2, 0.25) is 5.02 Å². The fourth-order valence-corrected chi connectivity index (χ4v) is 4.42. The van der Waals surface area contributed by atoms with Crippen LogP contribution in [0.25, 0.3) is 28.0 Å². The van der Waals surface area contributed by atoms with Crippen LogP contribution in [0.4, 0.5) is 0 Å². The number of aromatic nitrogens is 3.